The van der Waals surface area contributed by atoms with Gasteiger partial charge >= 0.3 is 0 Å². The van der Waals surface area contributed by atoms with Gasteiger partial charge < -0.3 is 4.74 Å². The van der Waals surface area contributed by atoms with Crippen LogP contribution in [0.1, 0.15) is 10.4 Å². The SMILES string of the molecule is COc1cc2ccccc2cc1C(=O)Nc1nc2ccc(SC)cc2s1. The molecule has 1 N–H and O–H groups in total. The van der Waals surface area contributed by atoms with Crippen molar-refractivity contribution in [1.82, 2.24) is 4.98 Å². The highest BCUT2D eigenvalue weighted by molar-refractivity contribution is 7.98. The number of methoxy groups -OCH3 is 1. The third-order valence-corrected chi connectivity index (χ3v) is 5.79. The summed E-state index contributed by atoms with van der Waals surface area (Å²) in [7, 11) is 1.57. The average molecular weight is 380 g/mol. The maximum atomic E-state index is 12.8. The van der Waals surface area contributed by atoms with E-state index in [2.05, 4.69) is 16.4 Å². The van der Waals surface area contributed by atoms with Crippen molar-refractivity contribution in [1.29, 1.82) is 0 Å². The number of ether oxygens (including phenoxy) is 1. The number of carbonyl (C=O) groups is 1. The van der Waals surface area contributed by atoms with Gasteiger partial charge in [-0.15, -0.1) is 11.8 Å². The Morgan fingerprint density at radius 1 is 1.12 bits per heavy atom. The Labute approximate surface area is 159 Å². The summed E-state index contributed by atoms with van der Waals surface area (Å²) < 4.78 is 6.47. The molecule has 3 aromatic carbocycles. The van der Waals surface area contributed by atoms with Gasteiger partial charge in [0.2, 0.25) is 0 Å². The molecule has 0 fully saturated rings. The first-order valence-electron chi connectivity index (χ1n) is 8.00. The molecule has 0 saturated heterocycles. The summed E-state index contributed by atoms with van der Waals surface area (Å²) in [5, 5.41) is 5.51. The van der Waals surface area contributed by atoms with Crippen LogP contribution in [-0.2, 0) is 0 Å². The van der Waals surface area contributed by atoms with Crippen LogP contribution in [0.3, 0.4) is 0 Å². The van der Waals surface area contributed by atoms with Crippen molar-refractivity contribution in [3.8, 4) is 5.75 Å². The van der Waals surface area contributed by atoms with Gasteiger partial charge in [-0.05, 0) is 47.4 Å². The fourth-order valence-electron chi connectivity index (χ4n) is 2.82. The first-order valence-corrected chi connectivity index (χ1v) is 10.0. The molecule has 0 atom stereocenters. The van der Waals surface area contributed by atoms with E-state index in [4.69, 9.17) is 4.74 Å². The minimum absolute atomic E-state index is 0.225. The minimum atomic E-state index is -0.225. The zero-order valence-corrected chi connectivity index (χ0v) is 15.9. The van der Waals surface area contributed by atoms with Crippen LogP contribution in [0.5, 0.6) is 5.75 Å². The largest absolute Gasteiger partial charge is 0.496 e. The van der Waals surface area contributed by atoms with Gasteiger partial charge in [0.1, 0.15) is 5.75 Å². The molecule has 0 saturated carbocycles. The second-order valence-corrected chi connectivity index (χ2v) is 7.62. The molecule has 0 spiro atoms. The lowest BCUT2D eigenvalue weighted by atomic mass is 10.1. The van der Waals surface area contributed by atoms with E-state index in [0.717, 1.165) is 21.0 Å². The second kappa shape index (κ2) is 6.97. The van der Waals surface area contributed by atoms with Gasteiger partial charge in [-0.25, -0.2) is 4.98 Å². The summed E-state index contributed by atoms with van der Waals surface area (Å²) in [6.07, 6.45) is 2.04. The first kappa shape index (κ1) is 16.9. The molecule has 1 aromatic heterocycles. The monoisotopic (exact) mass is 380 g/mol. The number of thiazole rings is 1. The molecule has 0 bridgehead atoms. The van der Waals surface area contributed by atoms with Crippen LogP contribution in [0.4, 0.5) is 5.13 Å². The van der Waals surface area contributed by atoms with Crippen molar-refractivity contribution in [3.05, 3.63) is 60.2 Å². The molecule has 130 valence electrons. The lowest BCUT2D eigenvalue weighted by Crippen LogP contribution is -2.13. The molecule has 4 aromatic rings. The topological polar surface area (TPSA) is 51.2 Å². The van der Waals surface area contributed by atoms with Gasteiger partial charge in [-0.2, -0.15) is 0 Å². The normalized spacial score (nSPS) is 11.0. The maximum absolute atomic E-state index is 12.8. The number of hydrogen-bond acceptors (Lipinski definition) is 5. The van der Waals surface area contributed by atoms with E-state index < -0.39 is 0 Å². The number of rotatable bonds is 4. The van der Waals surface area contributed by atoms with E-state index in [9.17, 15) is 4.79 Å². The van der Waals surface area contributed by atoms with Gasteiger partial charge in [-0.3, -0.25) is 10.1 Å². The second-order valence-electron chi connectivity index (χ2n) is 5.71. The third kappa shape index (κ3) is 3.13. The van der Waals surface area contributed by atoms with Crippen LogP contribution in [0.15, 0.2) is 59.5 Å². The molecule has 0 aliphatic carbocycles. The van der Waals surface area contributed by atoms with Crippen LogP contribution >= 0.6 is 23.1 Å². The van der Waals surface area contributed by atoms with Crippen molar-refractivity contribution in [2.24, 2.45) is 0 Å². The zero-order valence-electron chi connectivity index (χ0n) is 14.3. The van der Waals surface area contributed by atoms with Gasteiger partial charge in [0.05, 0.1) is 22.9 Å². The summed E-state index contributed by atoms with van der Waals surface area (Å²) in [4.78, 5) is 18.5. The predicted octanol–water partition coefficient (Wildman–Crippen LogP) is 5.43. The van der Waals surface area contributed by atoms with Crippen LogP contribution in [0.25, 0.3) is 21.0 Å². The highest BCUT2D eigenvalue weighted by Gasteiger charge is 2.16. The number of anilines is 1. The summed E-state index contributed by atoms with van der Waals surface area (Å²) in [6.45, 7) is 0. The average Bonchev–Trinajstić information content (AvgIpc) is 3.07. The molecule has 4 nitrogen and oxygen atoms in total. The zero-order chi connectivity index (χ0) is 18.1. The van der Waals surface area contributed by atoms with Crippen LogP contribution in [-0.4, -0.2) is 24.3 Å². The van der Waals surface area contributed by atoms with Crippen molar-refractivity contribution in [2.45, 2.75) is 4.90 Å². The Kier molecular flexibility index (Phi) is 4.53. The highest BCUT2D eigenvalue weighted by Crippen LogP contribution is 2.31. The quantitative estimate of drug-likeness (QED) is 0.480. The molecular weight excluding hydrogens is 364 g/mol. The van der Waals surface area contributed by atoms with Crippen molar-refractivity contribution in [3.63, 3.8) is 0 Å². The van der Waals surface area contributed by atoms with E-state index in [1.165, 1.54) is 16.2 Å². The summed E-state index contributed by atoms with van der Waals surface area (Å²) in [5.41, 5.74) is 1.38. The summed E-state index contributed by atoms with van der Waals surface area (Å²) >= 11 is 3.15. The first-order chi connectivity index (χ1) is 12.7. The number of aromatic nitrogens is 1. The minimum Gasteiger partial charge on any atom is -0.496 e. The third-order valence-electron chi connectivity index (χ3n) is 4.13. The van der Waals surface area contributed by atoms with Gasteiger partial charge in [-0.1, -0.05) is 35.6 Å². The molecule has 0 unspecified atom stereocenters. The molecular formula is C20H16N2O2S2. The van der Waals surface area contributed by atoms with Crippen molar-refractivity contribution < 1.29 is 9.53 Å². The Morgan fingerprint density at radius 3 is 2.62 bits per heavy atom. The predicted molar refractivity (Wildman–Crippen MR) is 110 cm³/mol. The molecule has 0 aliphatic rings. The molecule has 0 aliphatic heterocycles. The maximum Gasteiger partial charge on any atom is 0.261 e. The molecule has 1 amide bonds. The number of hydrogen-bond donors (Lipinski definition) is 1. The molecule has 6 heteroatoms. The van der Waals surface area contributed by atoms with E-state index in [1.807, 2.05) is 54.8 Å². The number of thioether (sulfide) groups is 1. The summed E-state index contributed by atoms with van der Waals surface area (Å²) in [5.74, 6) is 0.323. The fourth-order valence-corrected chi connectivity index (χ4v) is 4.23. The molecule has 4 rings (SSSR count). The van der Waals surface area contributed by atoms with E-state index in [0.29, 0.717) is 16.4 Å². The Morgan fingerprint density at radius 2 is 1.88 bits per heavy atom. The Hall–Kier alpha value is -2.57. The standard InChI is InChI=1S/C20H16N2O2S2/c1-24-17-10-13-6-4-3-5-12(13)9-15(17)19(23)22-20-21-16-8-7-14(25-2)11-18(16)26-20/h3-11H,1-2H3,(H,21,22,23). The lowest BCUT2D eigenvalue weighted by Gasteiger charge is -2.09. The number of fused-ring (bicyclic) bond motifs is 2. The Balaban J connectivity index is 1.68. The van der Waals surface area contributed by atoms with E-state index >= 15 is 0 Å². The molecule has 26 heavy (non-hydrogen) atoms. The number of nitrogens with zero attached hydrogens (tertiary/aromatic N) is 1. The van der Waals surface area contributed by atoms with Crippen LogP contribution in [0, 0.1) is 0 Å². The number of amides is 1. The summed E-state index contributed by atoms with van der Waals surface area (Å²) in [6, 6.07) is 17.7. The van der Waals surface area contributed by atoms with Crippen LogP contribution in [0.2, 0.25) is 0 Å². The van der Waals surface area contributed by atoms with E-state index in [-0.39, 0.29) is 5.91 Å². The lowest BCUT2D eigenvalue weighted by molar-refractivity contribution is 0.102. The highest BCUT2D eigenvalue weighted by atomic mass is 32.2. The van der Waals surface area contributed by atoms with Gasteiger partial charge in [0, 0.05) is 4.90 Å². The van der Waals surface area contributed by atoms with E-state index in [1.54, 1.807) is 18.9 Å². The number of nitrogens with one attached hydrogen (secondary N) is 1. The fraction of sp³-hybridized carbons (Fsp3) is 0.100. The number of benzene rings is 3. The van der Waals surface area contributed by atoms with Crippen LogP contribution < -0.4 is 10.1 Å². The Bertz CT molecular complexity index is 1120. The van der Waals surface area contributed by atoms with Gasteiger partial charge in [0.25, 0.3) is 5.91 Å². The smallest absolute Gasteiger partial charge is 0.261 e. The molecule has 1 heterocycles. The van der Waals surface area contributed by atoms with Crippen molar-refractivity contribution in [2.75, 3.05) is 18.7 Å². The van der Waals surface area contributed by atoms with Crippen molar-refractivity contribution >= 4 is 55.1 Å². The molecule has 0 radical (unpaired) electrons. The number of carbonyl (C=O) groups excluding carboxylic acids is 1. The van der Waals surface area contributed by atoms with Gasteiger partial charge in [0.15, 0.2) is 5.13 Å².